The van der Waals surface area contributed by atoms with E-state index in [1.165, 1.54) is 11.1 Å². The van der Waals surface area contributed by atoms with E-state index in [0.29, 0.717) is 6.54 Å². The van der Waals surface area contributed by atoms with Crippen molar-refractivity contribution in [2.45, 2.75) is 20.0 Å². The molecule has 21 heavy (non-hydrogen) atoms. The van der Waals surface area contributed by atoms with Gasteiger partial charge in [0.2, 0.25) is 0 Å². The van der Waals surface area contributed by atoms with Crippen LogP contribution in [-0.2, 0) is 13.1 Å². The summed E-state index contributed by atoms with van der Waals surface area (Å²) in [4.78, 5) is 2.43. The van der Waals surface area contributed by atoms with Crippen LogP contribution in [0.25, 0.3) is 0 Å². The summed E-state index contributed by atoms with van der Waals surface area (Å²) in [5.41, 5.74) is 9.07. The molecule has 0 unspecified atom stereocenters. The van der Waals surface area contributed by atoms with E-state index in [2.05, 4.69) is 78.3 Å². The minimum Gasteiger partial charge on any atom is -0.320 e. The van der Waals surface area contributed by atoms with Gasteiger partial charge in [-0.3, -0.25) is 4.90 Å². The van der Waals surface area contributed by atoms with Gasteiger partial charge in [0.05, 0.1) is 6.54 Å². The summed E-state index contributed by atoms with van der Waals surface area (Å²) >= 11 is 0. The quantitative estimate of drug-likeness (QED) is 0.852. The third-order valence-corrected chi connectivity index (χ3v) is 3.39. The second-order valence-corrected chi connectivity index (χ2v) is 4.99. The highest BCUT2D eigenvalue weighted by Crippen LogP contribution is 2.10. The second-order valence-electron chi connectivity index (χ2n) is 4.99. The van der Waals surface area contributed by atoms with E-state index in [4.69, 9.17) is 5.73 Å². The zero-order chi connectivity index (χ0) is 14.9. The van der Waals surface area contributed by atoms with Gasteiger partial charge < -0.3 is 5.73 Å². The third kappa shape index (κ3) is 5.07. The standard InChI is InChI=1S/C19H22N2/c1-2-21(15-18-7-4-3-5-8-18)16-19-12-10-17(11-13-19)9-6-14-20/h3-5,7-8,10-13H,2,14-16,20H2,1H3. The van der Waals surface area contributed by atoms with Crippen molar-refractivity contribution in [3.8, 4) is 11.8 Å². The van der Waals surface area contributed by atoms with Crippen molar-refractivity contribution in [1.82, 2.24) is 4.90 Å². The second kappa shape index (κ2) is 8.26. The van der Waals surface area contributed by atoms with Crippen LogP contribution in [0.4, 0.5) is 0 Å². The van der Waals surface area contributed by atoms with Gasteiger partial charge in [-0.2, -0.15) is 0 Å². The van der Waals surface area contributed by atoms with Gasteiger partial charge in [0.1, 0.15) is 0 Å². The molecule has 0 aliphatic heterocycles. The summed E-state index contributed by atoms with van der Waals surface area (Å²) in [6, 6.07) is 19.0. The van der Waals surface area contributed by atoms with E-state index in [1.807, 2.05) is 0 Å². The van der Waals surface area contributed by atoms with Crippen LogP contribution in [0.5, 0.6) is 0 Å². The lowest BCUT2D eigenvalue weighted by Gasteiger charge is -2.20. The van der Waals surface area contributed by atoms with Crippen LogP contribution in [0, 0.1) is 11.8 Å². The molecule has 108 valence electrons. The molecule has 0 saturated heterocycles. The molecule has 2 heteroatoms. The fourth-order valence-electron chi connectivity index (χ4n) is 2.23. The topological polar surface area (TPSA) is 29.3 Å². The van der Waals surface area contributed by atoms with Crippen molar-refractivity contribution in [3.05, 3.63) is 71.3 Å². The zero-order valence-electron chi connectivity index (χ0n) is 12.5. The molecule has 0 amide bonds. The first-order valence-corrected chi connectivity index (χ1v) is 7.36. The monoisotopic (exact) mass is 278 g/mol. The number of rotatable bonds is 5. The molecule has 0 aliphatic rings. The normalized spacial score (nSPS) is 10.2. The smallest absolute Gasteiger partial charge is 0.0555 e. The Balaban J connectivity index is 1.98. The maximum Gasteiger partial charge on any atom is 0.0555 e. The highest BCUT2D eigenvalue weighted by Gasteiger charge is 2.04. The molecule has 2 rings (SSSR count). The Morgan fingerprint density at radius 2 is 1.52 bits per heavy atom. The number of hydrogen-bond acceptors (Lipinski definition) is 2. The van der Waals surface area contributed by atoms with E-state index in [0.717, 1.165) is 25.2 Å². The van der Waals surface area contributed by atoms with Crippen molar-refractivity contribution >= 4 is 0 Å². The van der Waals surface area contributed by atoms with Crippen LogP contribution >= 0.6 is 0 Å². The van der Waals surface area contributed by atoms with Gasteiger partial charge in [-0.15, -0.1) is 0 Å². The highest BCUT2D eigenvalue weighted by molar-refractivity contribution is 5.36. The molecule has 0 aliphatic carbocycles. The van der Waals surface area contributed by atoms with E-state index >= 15 is 0 Å². The Kier molecular flexibility index (Phi) is 6.02. The molecule has 2 N–H and O–H groups in total. The Bertz CT molecular complexity index is 591. The van der Waals surface area contributed by atoms with E-state index < -0.39 is 0 Å². The average molecular weight is 278 g/mol. The van der Waals surface area contributed by atoms with Crippen LogP contribution in [0.15, 0.2) is 54.6 Å². The molecule has 0 spiro atoms. The van der Waals surface area contributed by atoms with Crippen LogP contribution in [0.1, 0.15) is 23.6 Å². The minimum absolute atomic E-state index is 0.405. The van der Waals surface area contributed by atoms with Crippen molar-refractivity contribution in [2.75, 3.05) is 13.1 Å². The Morgan fingerprint density at radius 1 is 0.905 bits per heavy atom. The predicted molar refractivity (Wildman–Crippen MR) is 88.6 cm³/mol. The van der Waals surface area contributed by atoms with Crippen LogP contribution in [0.3, 0.4) is 0 Å². The summed E-state index contributed by atoms with van der Waals surface area (Å²) in [6.45, 7) is 5.57. The van der Waals surface area contributed by atoms with E-state index in [-0.39, 0.29) is 0 Å². The van der Waals surface area contributed by atoms with Gasteiger partial charge in [0.15, 0.2) is 0 Å². The highest BCUT2D eigenvalue weighted by atomic mass is 15.1. The maximum absolute atomic E-state index is 5.38. The van der Waals surface area contributed by atoms with Gasteiger partial charge in [-0.25, -0.2) is 0 Å². The average Bonchev–Trinajstić information content (AvgIpc) is 2.54. The predicted octanol–water partition coefficient (Wildman–Crippen LogP) is 3.02. The molecular weight excluding hydrogens is 256 g/mol. The molecule has 0 fully saturated rings. The molecule has 0 bridgehead atoms. The third-order valence-electron chi connectivity index (χ3n) is 3.39. The van der Waals surface area contributed by atoms with Crippen LogP contribution in [-0.4, -0.2) is 18.0 Å². The van der Waals surface area contributed by atoms with E-state index in [9.17, 15) is 0 Å². The Labute approximate surface area is 127 Å². The number of benzene rings is 2. The van der Waals surface area contributed by atoms with Gasteiger partial charge in [-0.1, -0.05) is 61.2 Å². The molecule has 2 nitrogen and oxygen atoms in total. The maximum atomic E-state index is 5.38. The first-order chi connectivity index (χ1) is 10.3. The molecule has 0 heterocycles. The van der Waals surface area contributed by atoms with Crippen molar-refractivity contribution in [3.63, 3.8) is 0 Å². The molecule has 2 aromatic carbocycles. The Morgan fingerprint density at radius 3 is 2.10 bits per heavy atom. The first kappa shape index (κ1) is 15.3. The molecule has 2 aromatic rings. The largest absolute Gasteiger partial charge is 0.320 e. The SMILES string of the molecule is CCN(Cc1ccccc1)Cc1ccc(C#CCN)cc1. The summed E-state index contributed by atoms with van der Waals surface area (Å²) < 4.78 is 0. The van der Waals surface area contributed by atoms with E-state index in [1.54, 1.807) is 0 Å². The van der Waals surface area contributed by atoms with Crippen molar-refractivity contribution in [1.29, 1.82) is 0 Å². The summed E-state index contributed by atoms with van der Waals surface area (Å²) in [5, 5.41) is 0. The molecule has 0 aromatic heterocycles. The van der Waals surface area contributed by atoms with Crippen LogP contribution < -0.4 is 5.73 Å². The van der Waals surface area contributed by atoms with Gasteiger partial charge in [-0.05, 0) is 29.8 Å². The van der Waals surface area contributed by atoms with Crippen molar-refractivity contribution < 1.29 is 0 Å². The number of nitrogens with two attached hydrogens (primary N) is 1. The zero-order valence-corrected chi connectivity index (χ0v) is 12.5. The lowest BCUT2D eigenvalue weighted by atomic mass is 10.1. The molecule has 0 radical (unpaired) electrons. The number of nitrogens with zero attached hydrogens (tertiary/aromatic N) is 1. The fourth-order valence-corrected chi connectivity index (χ4v) is 2.23. The summed E-state index contributed by atoms with van der Waals surface area (Å²) in [7, 11) is 0. The van der Waals surface area contributed by atoms with Crippen LogP contribution in [0.2, 0.25) is 0 Å². The summed E-state index contributed by atoms with van der Waals surface area (Å²) in [6.07, 6.45) is 0. The lowest BCUT2D eigenvalue weighted by Crippen LogP contribution is -2.22. The van der Waals surface area contributed by atoms with Crippen molar-refractivity contribution in [2.24, 2.45) is 5.73 Å². The number of hydrogen-bond donors (Lipinski definition) is 1. The molecule has 0 saturated carbocycles. The molecule has 0 atom stereocenters. The van der Waals surface area contributed by atoms with Gasteiger partial charge >= 0.3 is 0 Å². The first-order valence-electron chi connectivity index (χ1n) is 7.36. The van der Waals surface area contributed by atoms with Gasteiger partial charge in [0.25, 0.3) is 0 Å². The lowest BCUT2D eigenvalue weighted by molar-refractivity contribution is 0.271. The fraction of sp³-hybridized carbons (Fsp3) is 0.263. The molecular formula is C19H22N2. The summed E-state index contributed by atoms with van der Waals surface area (Å²) in [5.74, 6) is 5.93. The van der Waals surface area contributed by atoms with Gasteiger partial charge in [0, 0.05) is 18.7 Å². The minimum atomic E-state index is 0.405. The Hall–Kier alpha value is -2.08.